The summed E-state index contributed by atoms with van der Waals surface area (Å²) in [6, 6.07) is 5.34. The molecule has 0 saturated carbocycles. The van der Waals surface area contributed by atoms with Crippen LogP contribution in [0.15, 0.2) is 34.0 Å². The van der Waals surface area contributed by atoms with Crippen LogP contribution in [0, 0.1) is 0 Å². The summed E-state index contributed by atoms with van der Waals surface area (Å²) >= 11 is 2.64. The van der Waals surface area contributed by atoms with Gasteiger partial charge >= 0.3 is 5.97 Å². The molecule has 3 rings (SSSR count). The number of hydrogen-bond acceptors (Lipinski definition) is 8. The average Bonchev–Trinajstić information content (AvgIpc) is 3.40. The maximum atomic E-state index is 12.4. The molecule has 148 valence electrons. The van der Waals surface area contributed by atoms with Gasteiger partial charge in [0.25, 0.3) is 0 Å². The topological polar surface area (TPSA) is 99.2 Å². The van der Waals surface area contributed by atoms with Gasteiger partial charge in [0.05, 0.1) is 24.2 Å². The van der Waals surface area contributed by atoms with Crippen LogP contribution in [0.5, 0.6) is 0 Å². The Balaban J connectivity index is 1.65. The van der Waals surface area contributed by atoms with Crippen LogP contribution in [0.2, 0.25) is 0 Å². The van der Waals surface area contributed by atoms with Gasteiger partial charge in [0.2, 0.25) is 5.91 Å². The van der Waals surface area contributed by atoms with E-state index in [1.165, 1.54) is 23.1 Å². The molecular formula is C18H20N4O4S2. The fourth-order valence-electron chi connectivity index (χ4n) is 2.42. The molecule has 0 bridgehead atoms. The van der Waals surface area contributed by atoms with Gasteiger partial charge in [-0.15, -0.1) is 21.5 Å². The van der Waals surface area contributed by atoms with Crippen molar-refractivity contribution in [3.63, 3.8) is 0 Å². The number of thioether (sulfide) groups is 1. The second-order valence-corrected chi connectivity index (χ2v) is 7.79. The van der Waals surface area contributed by atoms with E-state index in [9.17, 15) is 9.59 Å². The van der Waals surface area contributed by atoms with E-state index in [1.807, 2.05) is 14.0 Å². The number of furan rings is 1. The molecule has 1 amide bonds. The molecule has 3 heterocycles. The van der Waals surface area contributed by atoms with Crippen molar-refractivity contribution in [2.45, 2.75) is 25.4 Å². The molecule has 0 aliphatic carbocycles. The molecule has 0 aliphatic heterocycles. The lowest BCUT2D eigenvalue weighted by Gasteiger charge is -2.06. The highest BCUT2D eigenvalue weighted by Crippen LogP contribution is 2.30. The van der Waals surface area contributed by atoms with Crippen molar-refractivity contribution in [3.8, 4) is 11.6 Å². The summed E-state index contributed by atoms with van der Waals surface area (Å²) in [6.07, 6.45) is 2.34. The standard InChI is InChI=1S/C18H20N4O4S2/c1-4-11-9-12(17(24)25-5-2)16(28-11)19-14(23)10-27-18-21-20-15(22(18)3)13-7-6-8-26-13/h6-9H,4-5,10H2,1-3H3,(H,19,23). The molecular weight excluding hydrogens is 400 g/mol. The van der Waals surface area contributed by atoms with E-state index in [2.05, 4.69) is 15.5 Å². The van der Waals surface area contributed by atoms with Gasteiger partial charge in [-0.05, 0) is 31.5 Å². The average molecular weight is 421 g/mol. The number of esters is 1. The van der Waals surface area contributed by atoms with Crippen LogP contribution in [0.3, 0.4) is 0 Å². The number of nitrogens with zero attached hydrogens (tertiary/aromatic N) is 3. The van der Waals surface area contributed by atoms with Crippen LogP contribution >= 0.6 is 23.1 Å². The van der Waals surface area contributed by atoms with Crippen molar-refractivity contribution in [2.24, 2.45) is 7.05 Å². The van der Waals surface area contributed by atoms with Crippen molar-refractivity contribution in [2.75, 3.05) is 17.7 Å². The summed E-state index contributed by atoms with van der Waals surface area (Å²) in [5.41, 5.74) is 0.390. The number of rotatable bonds is 8. The van der Waals surface area contributed by atoms with Gasteiger partial charge in [-0.1, -0.05) is 18.7 Å². The van der Waals surface area contributed by atoms with Gasteiger partial charge in [-0.2, -0.15) is 0 Å². The van der Waals surface area contributed by atoms with Gasteiger partial charge in [0, 0.05) is 11.9 Å². The molecule has 8 nitrogen and oxygen atoms in total. The molecule has 0 atom stereocenters. The van der Waals surface area contributed by atoms with Crippen LogP contribution in [-0.4, -0.2) is 39.0 Å². The monoisotopic (exact) mass is 420 g/mol. The Morgan fingerprint density at radius 1 is 1.36 bits per heavy atom. The largest absolute Gasteiger partial charge is 0.462 e. The first-order valence-electron chi connectivity index (χ1n) is 8.69. The van der Waals surface area contributed by atoms with Crippen molar-refractivity contribution < 1.29 is 18.7 Å². The lowest BCUT2D eigenvalue weighted by molar-refractivity contribution is -0.113. The van der Waals surface area contributed by atoms with Crippen LogP contribution in [0.25, 0.3) is 11.6 Å². The second-order valence-electron chi connectivity index (χ2n) is 5.71. The molecule has 10 heteroatoms. The van der Waals surface area contributed by atoms with Gasteiger partial charge in [0.15, 0.2) is 16.7 Å². The summed E-state index contributed by atoms with van der Waals surface area (Å²) in [5.74, 6) is 0.658. The van der Waals surface area contributed by atoms with Crippen LogP contribution in [0.1, 0.15) is 29.1 Å². The SMILES string of the molecule is CCOC(=O)c1cc(CC)sc1NC(=O)CSc1nnc(-c2ccco2)n1C. The normalized spacial score (nSPS) is 10.8. The Morgan fingerprint density at radius 2 is 2.18 bits per heavy atom. The van der Waals surface area contributed by atoms with Gasteiger partial charge < -0.3 is 19.0 Å². The Kier molecular flexibility index (Phi) is 6.53. The lowest BCUT2D eigenvalue weighted by atomic mass is 10.2. The number of aryl methyl sites for hydroxylation is 1. The first-order valence-corrected chi connectivity index (χ1v) is 10.5. The number of nitrogens with one attached hydrogen (secondary N) is 1. The Bertz CT molecular complexity index is 963. The fourth-order valence-corrected chi connectivity index (χ4v) is 4.13. The second kappa shape index (κ2) is 9.07. The van der Waals surface area contributed by atoms with E-state index in [4.69, 9.17) is 9.15 Å². The zero-order valence-electron chi connectivity index (χ0n) is 15.7. The molecule has 0 unspecified atom stereocenters. The zero-order valence-corrected chi connectivity index (χ0v) is 17.4. The minimum Gasteiger partial charge on any atom is -0.462 e. The summed E-state index contributed by atoms with van der Waals surface area (Å²) < 4.78 is 12.2. The maximum Gasteiger partial charge on any atom is 0.341 e. The third-order valence-electron chi connectivity index (χ3n) is 3.79. The molecule has 3 aromatic rings. The number of carbonyl (C=O) groups is 2. The number of amides is 1. The number of carbonyl (C=O) groups excluding carboxylic acids is 2. The third-order valence-corrected chi connectivity index (χ3v) is 6.00. The van der Waals surface area contributed by atoms with Crippen LogP contribution in [0.4, 0.5) is 5.00 Å². The Morgan fingerprint density at radius 3 is 2.86 bits per heavy atom. The summed E-state index contributed by atoms with van der Waals surface area (Å²) in [5, 5.41) is 12.1. The molecule has 1 N–H and O–H groups in total. The number of aromatic nitrogens is 3. The van der Waals surface area contributed by atoms with Gasteiger partial charge in [-0.25, -0.2) is 4.79 Å². The molecule has 0 spiro atoms. The van der Waals surface area contributed by atoms with Crippen LogP contribution < -0.4 is 5.32 Å². The number of ether oxygens (including phenoxy) is 1. The molecule has 0 fully saturated rings. The van der Waals surface area contributed by atoms with Gasteiger partial charge in [-0.3, -0.25) is 4.79 Å². The Labute approximate surface area is 170 Å². The Hall–Kier alpha value is -2.59. The first-order chi connectivity index (χ1) is 13.5. The highest BCUT2D eigenvalue weighted by atomic mass is 32.2. The fraction of sp³-hybridized carbons (Fsp3) is 0.333. The van der Waals surface area contributed by atoms with Crippen LogP contribution in [-0.2, 0) is 23.0 Å². The predicted octanol–water partition coefficient (Wildman–Crippen LogP) is 3.61. The number of anilines is 1. The quantitative estimate of drug-likeness (QED) is 0.439. The molecule has 0 saturated heterocycles. The highest BCUT2D eigenvalue weighted by molar-refractivity contribution is 7.99. The van der Waals surface area contributed by atoms with Crippen molar-refractivity contribution in [1.29, 1.82) is 0 Å². The maximum absolute atomic E-state index is 12.4. The predicted molar refractivity (Wildman–Crippen MR) is 108 cm³/mol. The minimum absolute atomic E-state index is 0.131. The molecule has 0 radical (unpaired) electrons. The van der Waals surface area contributed by atoms with E-state index in [0.29, 0.717) is 27.3 Å². The van der Waals surface area contributed by atoms with E-state index in [1.54, 1.807) is 36.0 Å². The first kappa shape index (κ1) is 20.2. The molecule has 28 heavy (non-hydrogen) atoms. The smallest absolute Gasteiger partial charge is 0.341 e. The molecule has 3 aromatic heterocycles. The van der Waals surface area contributed by atoms with E-state index in [0.717, 1.165) is 11.3 Å². The molecule has 0 aliphatic rings. The summed E-state index contributed by atoms with van der Waals surface area (Å²) in [6.45, 7) is 4.02. The van der Waals surface area contributed by atoms with E-state index < -0.39 is 5.97 Å². The minimum atomic E-state index is -0.433. The third kappa shape index (κ3) is 4.45. The number of hydrogen-bond donors (Lipinski definition) is 1. The van der Waals surface area contributed by atoms with Crippen molar-refractivity contribution in [3.05, 3.63) is 34.9 Å². The number of thiophene rings is 1. The summed E-state index contributed by atoms with van der Waals surface area (Å²) in [7, 11) is 1.81. The molecule has 0 aromatic carbocycles. The summed E-state index contributed by atoms with van der Waals surface area (Å²) in [4.78, 5) is 25.5. The lowest BCUT2D eigenvalue weighted by Crippen LogP contribution is -2.16. The van der Waals surface area contributed by atoms with Gasteiger partial charge in [0.1, 0.15) is 5.00 Å². The van der Waals surface area contributed by atoms with E-state index >= 15 is 0 Å². The van der Waals surface area contributed by atoms with Crippen molar-refractivity contribution in [1.82, 2.24) is 14.8 Å². The van der Waals surface area contributed by atoms with E-state index in [-0.39, 0.29) is 18.3 Å². The zero-order chi connectivity index (χ0) is 20.1. The highest BCUT2D eigenvalue weighted by Gasteiger charge is 2.19. The van der Waals surface area contributed by atoms with Crippen molar-refractivity contribution >= 4 is 40.0 Å².